The second kappa shape index (κ2) is 12.5. The summed E-state index contributed by atoms with van der Waals surface area (Å²) in [4.78, 5) is 23.7. The van der Waals surface area contributed by atoms with E-state index in [9.17, 15) is 14.7 Å². The van der Waals surface area contributed by atoms with Crippen LogP contribution >= 0.6 is 15.9 Å². The maximum Gasteiger partial charge on any atom is 0.412 e. The lowest BCUT2D eigenvalue weighted by Crippen LogP contribution is -2.31. The number of carboxylic acids is 1. The van der Waals surface area contributed by atoms with Crippen LogP contribution in [-0.2, 0) is 9.53 Å². The number of carboxylic acid groups (broad SMARTS) is 1. The first-order valence-corrected chi connectivity index (χ1v) is 11.3. The SMILES string of the molecule is O=C(O)/C=C/CC[C@@H](Oc1ccccc1)[C@H](OC(=O)Nc1ccccc1)c1cc(Br)ccc1O. The first-order valence-electron chi connectivity index (χ1n) is 10.5. The molecular formula is C26H24BrNO6. The van der Waals surface area contributed by atoms with E-state index in [0.717, 1.165) is 6.08 Å². The third-order valence-corrected chi connectivity index (χ3v) is 5.29. The smallest absolute Gasteiger partial charge is 0.412 e. The zero-order chi connectivity index (χ0) is 24.3. The summed E-state index contributed by atoms with van der Waals surface area (Å²) in [5, 5.41) is 22.2. The molecule has 3 aromatic rings. The van der Waals surface area contributed by atoms with Gasteiger partial charge in [-0.15, -0.1) is 0 Å². The Morgan fingerprint density at radius 1 is 1.00 bits per heavy atom. The van der Waals surface area contributed by atoms with Crippen molar-refractivity contribution in [2.75, 3.05) is 5.32 Å². The van der Waals surface area contributed by atoms with Gasteiger partial charge in [-0.25, -0.2) is 9.59 Å². The summed E-state index contributed by atoms with van der Waals surface area (Å²) in [6.45, 7) is 0. The number of para-hydroxylation sites is 2. The number of aromatic hydroxyl groups is 1. The minimum Gasteiger partial charge on any atom is -0.508 e. The van der Waals surface area contributed by atoms with E-state index in [0.29, 0.717) is 34.3 Å². The molecule has 0 fully saturated rings. The zero-order valence-corrected chi connectivity index (χ0v) is 19.7. The Balaban J connectivity index is 1.92. The average Bonchev–Trinajstić information content (AvgIpc) is 2.82. The van der Waals surface area contributed by atoms with Crippen molar-refractivity contribution in [1.29, 1.82) is 0 Å². The third-order valence-electron chi connectivity index (χ3n) is 4.80. The predicted molar refractivity (Wildman–Crippen MR) is 132 cm³/mol. The number of allylic oxidation sites excluding steroid dienone is 1. The van der Waals surface area contributed by atoms with Gasteiger partial charge in [0, 0.05) is 21.8 Å². The van der Waals surface area contributed by atoms with Gasteiger partial charge in [-0.05, 0) is 55.3 Å². The molecule has 3 aromatic carbocycles. The maximum absolute atomic E-state index is 12.8. The number of hydrogen-bond acceptors (Lipinski definition) is 5. The molecule has 3 N–H and O–H groups in total. The van der Waals surface area contributed by atoms with E-state index >= 15 is 0 Å². The normalized spacial score (nSPS) is 12.6. The molecule has 0 unspecified atom stereocenters. The molecule has 0 radical (unpaired) electrons. The molecule has 3 rings (SSSR count). The molecule has 8 heteroatoms. The van der Waals surface area contributed by atoms with Crippen LogP contribution in [0.15, 0.2) is 95.5 Å². The summed E-state index contributed by atoms with van der Waals surface area (Å²) in [6.07, 6.45) is 0.757. The van der Waals surface area contributed by atoms with Gasteiger partial charge in [0.05, 0.1) is 0 Å². The van der Waals surface area contributed by atoms with E-state index < -0.39 is 24.3 Å². The fraction of sp³-hybridized carbons (Fsp3) is 0.154. The molecule has 0 spiro atoms. The van der Waals surface area contributed by atoms with Crippen molar-refractivity contribution in [1.82, 2.24) is 0 Å². The number of anilines is 1. The van der Waals surface area contributed by atoms with Crippen molar-refractivity contribution in [3.63, 3.8) is 0 Å². The summed E-state index contributed by atoms with van der Waals surface area (Å²) >= 11 is 3.40. The van der Waals surface area contributed by atoms with Gasteiger partial charge in [-0.3, -0.25) is 5.32 Å². The average molecular weight is 526 g/mol. The van der Waals surface area contributed by atoms with E-state index in [1.165, 1.54) is 12.1 Å². The third kappa shape index (κ3) is 7.67. The zero-order valence-electron chi connectivity index (χ0n) is 18.1. The maximum atomic E-state index is 12.8. The largest absolute Gasteiger partial charge is 0.508 e. The van der Waals surface area contributed by atoms with Crippen LogP contribution in [0.25, 0.3) is 0 Å². The number of hydrogen-bond donors (Lipinski definition) is 3. The highest BCUT2D eigenvalue weighted by molar-refractivity contribution is 9.10. The van der Waals surface area contributed by atoms with Crippen LogP contribution in [0, 0.1) is 0 Å². The van der Waals surface area contributed by atoms with Crippen LogP contribution in [0.4, 0.5) is 10.5 Å². The Hall–Kier alpha value is -3.78. The molecule has 176 valence electrons. The van der Waals surface area contributed by atoms with Crippen LogP contribution in [0.1, 0.15) is 24.5 Å². The second-order valence-electron chi connectivity index (χ2n) is 7.31. The van der Waals surface area contributed by atoms with E-state index in [1.807, 2.05) is 24.3 Å². The van der Waals surface area contributed by atoms with E-state index in [1.54, 1.807) is 48.5 Å². The number of carbonyl (C=O) groups excluding carboxylic acids is 1. The summed E-state index contributed by atoms with van der Waals surface area (Å²) in [5.41, 5.74) is 0.898. The Kier molecular flexibility index (Phi) is 9.11. The summed E-state index contributed by atoms with van der Waals surface area (Å²) in [6, 6.07) is 22.7. The number of ether oxygens (including phenoxy) is 2. The van der Waals surface area contributed by atoms with Crippen LogP contribution in [-0.4, -0.2) is 28.4 Å². The van der Waals surface area contributed by atoms with Crippen LogP contribution in [0.3, 0.4) is 0 Å². The number of rotatable bonds is 10. The fourth-order valence-electron chi connectivity index (χ4n) is 3.27. The molecule has 1 amide bonds. The highest BCUT2D eigenvalue weighted by Gasteiger charge is 2.31. The highest BCUT2D eigenvalue weighted by atomic mass is 79.9. The minimum atomic E-state index is -1.06. The number of carbonyl (C=O) groups is 2. The Bertz CT molecular complexity index is 1120. The monoisotopic (exact) mass is 525 g/mol. The van der Waals surface area contributed by atoms with Gasteiger partial charge >= 0.3 is 12.1 Å². The van der Waals surface area contributed by atoms with Gasteiger partial charge in [-0.1, -0.05) is 58.4 Å². The lowest BCUT2D eigenvalue weighted by Gasteiger charge is -2.28. The number of amides is 1. The van der Waals surface area contributed by atoms with Gasteiger partial charge in [0.2, 0.25) is 0 Å². The molecule has 0 heterocycles. The number of phenols is 1. The summed E-state index contributed by atoms with van der Waals surface area (Å²) < 4.78 is 12.6. The van der Waals surface area contributed by atoms with Crippen molar-refractivity contribution >= 4 is 33.7 Å². The van der Waals surface area contributed by atoms with E-state index in [4.69, 9.17) is 14.6 Å². The molecule has 0 aliphatic carbocycles. The second-order valence-corrected chi connectivity index (χ2v) is 8.22. The Morgan fingerprint density at radius 3 is 2.35 bits per heavy atom. The lowest BCUT2D eigenvalue weighted by molar-refractivity contribution is -0.131. The topological polar surface area (TPSA) is 105 Å². The molecule has 0 aromatic heterocycles. The Labute approximate surface area is 205 Å². The minimum absolute atomic E-state index is 0.0662. The van der Waals surface area contributed by atoms with Gasteiger partial charge in [0.1, 0.15) is 17.6 Å². The first kappa shape index (κ1) is 24.9. The number of halogens is 1. The van der Waals surface area contributed by atoms with Gasteiger partial charge in [-0.2, -0.15) is 0 Å². The van der Waals surface area contributed by atoms with Crippen LogP contribution in [0.2, 0.25) is 0 Å². The first-order chi connectivity index (χ1) is 16.4. The van der Waals surface area contributed by atoms with Crippen molar-refractivity contribution < 1.29 is 29.3 Å². The van der Waals surface area contributed by atoms with Crippen molar-refractivity contribution in [3.8, 4) is 11.5 Å². The number of benzene rings is 3. The van der Waals surface area contributed by atoms with E-state index in [-0.39, 0.29) is 5.75 Å². The molecule has 34 heavy (non-hydrogen) atoms. The molecule has 0 saturated heterocycles. The highest BCUT2D eigenvalue weighted by Crippen LogP contribution is 2.35. The summed E-state index contributed by atoms with van der Waals surface area (Å²) in [5.74, 6) is -0.579. The van der Waals surface area contributed by atoms with Crippen LogP contribution < -0.4 is 10.1 Å². The van der Waals surface area contributed by atoms with Crippen molar-refractivity contribution in [3.05, 3.63) is 101 Å². The lowest BCUT2D eigenvalue weighted by atomic mass is 9.99. The molecule has 0 aliphatic heterocycles. The molecule has 0 saturated carbocycles. The standard InChI is InChI=1S/C26H24BrNO6/c27-18-15-16-22(29)21(17-18)25(34-26(32)28-19-9-3-1-4-10-19)23(13-7-8-14-24(30)31)33-20-11-5-2-6-12-20/h1-6,8-12,14-17,23,25,29H,7,13H2,(H,28,32)(H,30,31)/b14-8+/t23-,25-/m1/s1. The molecule has 0 bridgehead atoms. The van der Waals surface area contributed by atoms with Crippen molar-refractivity contribution in [2.24, 2.45) is 0 Å². The van der Waals surface area contributed by atoms with Crippen molar-refractivity contribution in [2.45, 2.75) is 25.0 Å². The molecule has 2 atom stereocenters. The molecule has 7 nitrogen and oxygen atoms in total. The fourth-order valence-corrected chi connectivity index (χ4v) is 3.65. The van der Waals surface area contributed by atoms with Gasteiger partial charge in [0.25, 0.3) is 0 Å². The summed E-state index contributed by atoms with van der Waals surface area (Å²) in [7, 11) is 0. The van der Waals surface area contributed by atoms with E-state index in [2.05, 4.69) is 21.2 Å². The number of nitrogens with one attached hydrogen (secondary N) is 1. The number of phenolic OH excluding ortho intramolecular Hbond substituents is 1. The van der Waals surface area contributed by atoms with Gasteiger partial charge < -0.3 is 19.7 Å². The Morgan fingerprint density at radius 2 is 1.68 bits per heavy atom. The number of aliphatic carboxylic acids is 1. The predicted octanol–water partition coefficient (Wildman–Crippen LogP) is 6.31. The molecule has 0 aliphatic rings. The van der Waals surface area contributed by atoms with Gasteiger partial charge in [0.15, 0.2) is 6.10 Å². The quantitative estimate of drug-likeness (QED) is 0.267. The molecular weight excluding hydrogens is 502 g/mol. The van der Waals surface area contributed by atoms with Crippen LogP contribution in [0.5, 0.6) is 11.5 Å².